The van der Waals surface area contributed by atoms with Crippen LogP contribution in [0.25, 0.3) is 0 Å². The van der Waals surface area contributed by atoms with Crippen LogP contribution in [0, 0.1) is 5.92 Å². The Labute approximate surface area is 174 Å². The third-order valence-corrected chi connectivity index (χ3v) is 7.85. The molecular weight excluding hydrogens is 390 g/mol. The molecule has 8 nitrogen and oxygen atoms in total. The number of carbonyl (C=O) groups excluding carboxylic acids is 1. The van der Waals surface area contributed by atoms with Crippen LogP contribution >= 0.6 is 0 Å². The zero-order valence-corrected chi connectivity index (χ0v) is 18.3. The zero-order valence-electron chi connectivity index (χ0n) is 17.5. The highest BCUT2D eigenvalue weighted by atomic mass is 32.2. The third kappa shape index (κ3) is 5.53. The lowest BCUT2D eigenvalue weighted by Gasteiger charge is -2.43. The maximum Gasteiger partial charge on any atom is 0.281 e. The minimum atomic E-state index is -3.51. The molecular formula is C20H33N5O3S. The maximum atomic E-state index is 12.9. The molecule has 0 spiro atoms. The number of hydrogen-bond acceptors (Lipinski definition) is 5. The van der Waals surface area contributed by atoms with E-state index in [2.05, 4.69) is 15.2 Å². The fraction of sp³-hybridized carbons (Fsp3) is 0.700. The van der Waals surface area contributed by atoms with Crippen LogP contribution < -0.4 is 5.32 Å². The number of pyridine rings is 1. The van der Waals surface area contributed by atoms with Crippen molar-refractivity contribution in [3.8, 4) is 0 Å². The Bertz CT molecular complexity index is 772. The summed E-state index contributed by atoms with van der Waals surface area (Å²) >= 11 is 0. The van der Waals surface area contributed by atoms with Crippen LogP contribution in [-0.4, -0.2) is 79.1 Å². The second-order valence-electron chi connectivity index (χ2n) is 8.14. The van der Waals surface area contributed by atoms with E-state index in [-0.39, 0.29) is 17.9 Å². The van der Waals surface area contributed by atoms with Gasteiger partial charge < -0.3 is 5.32 Å². The number of carbonyl (C=O) groups is 1. The summed E-state index contributed by atoms with van der Waals surface area (Å²) in [6, 6.07) is 3.82. The van der Waals surface area contributed by atoms with Gasteiger partial charge in [0.1, 0.15) is 0 Å². The molecule has 2 fully saturated rings. The summed E-state index contributed by atoms with van der Waals surface area (Å²) in [5.74, 6) is -0.151. The van der Waals surface area contributed by atoms with Crippen molar-refractivity contribution in [3.05, 3.63) is 30.1 Å². The van der Waals surface area contributed by atoms with Gasteiger partial charge in [-0.1, -0.05) is 12.8 Å². The second kappa shape index (κ2) is 9.97. The summed E-state index contributed by atoms with van der Waals surface area (Å²) in [6.07, 6.45) is 8.33. The number of hydrogen-bond donors (Lipinski definition) is 1. The van der Waals surface area contributed by atoms with Crippen LogP contribution in [-0.2, 0) is 21.5 Å². The summed E-state index contributed by atoms with van der Waals surface area (Å²) in [6.45, 7) is 2.95. The molecule has 0 aromatic carbocycles. The first-order valence-corrected chi connectivity index (χ1v) is 11.9. The molecule has 1 amide bonds. The molecule has 1 aromatic heterocycles. The largest absolute Gasteiger partial charge is 0.356 e. The summed E-state index contributed by atoms with van der Waals surface area (Å²) in [7, 11) is -0.399. The summed E-state index contributed by atoms with van der Waals surface area (Å²) in [5, 5.41) is 3.09. The van der Waals surface area contributed by atoms with E-state index in [1.165, 1.54) is 8.61 Å². The van der Waals surface area contributed by atoms with Crippen molar-refractivity contribution in [1.82, 2.24) is 23.8 Å². The van der Waals surface area contributed by atoms with Crippen molar-refractivity contribution in [2.24, 2.45) is 5.92 Å². The topological polar surface area (TPSA) is 85.8 Å². The number of nitrogens with zero attached hydrogens (tertiary/aromatic N) is 4. The Balaban J connectivity index is 1.89. The fourth-order valence-electron chi connectivity index (χ4n) is 4.24. The molecule has 0 saturated carbocycles. The average Bonchev–Trinajstić information content (AvgIpc) is 2.74. The van der Waals surface area contributed by atoms with E-state index in [1.807, 2.05) is 12.1 Å². The average molecular weight is 424 g/mol. The van der Waals surface area contributed by atoms with Gasteiger partial charge in [0.2, 0.25) is 5.91 Å². The van der Waals surface area contributed by atoms with E-state index >= 15 is 0 Å². The minimum Gasteiger partial charge on any atom is -0.356 e. The lowest BCUT2D eigenvalue weighted by molar-refractivity contribution is -0.129. The molecule has 0 unspecified atom stereocenters. The first-order valence-electron chi connectivity index (χ1n) is 10.5. The number of piperidine rings is 1. The SMILES string of the molecule is CN(C)S(=O)(=O)N1CC[C@H]2C(=O)NCCCCCCN(Cc3ccncc3)[C@@H]2C1. The molecule has 2 atom stereocenters. The molecule has 3 rings (SSSR count). The van der Waals surface area contributed by atoms with Crippen molar-refractivity contribution < 1.29 is 13.2 Å². The van der Waals surface area contributed by atoms with E-state index in [1.54, 1.807) is 26.5 Å². The van der Waals surface area contributed by atoms with E-state index in [0.717, 1.165) is 37.8 Å². The lowest BCUT2D eigenvalue weighted by atomic mass is 9.90. The standard InChI is InChI=1S/C20H33N5O3S/c1-23(2)29(27,28)25-14-9-18-19(16-25)24(15-17-7-11-21-12-8-17)13-6-4-3-5-10-22-20(18)26/h7-8,11-12,18-19H,3-6,9-10,13-16H2,1-2H3,(H,22,26)/t18-,19-/m1/s1. The molecule has 0 bridgehead atoms. The molecule has 3 heterocycles. The van der Waals surface area contributed by atoms with Gasteiger partial charge in [0, 0.05) is 58.7 Å². The minimum absolute atomic E-state index is 0.0542. The van der Waals surface area contributed by atoms with E-state index in [9.17, 15) is 13.2 Å². The Morgan fingerprint density at radius 1 is 1.14 bits per heavy atom. The van der Waals surface area contributed by atoms with Gasteiger partial charge >= 0.3 is 0 Å². The van der Waals surface area contributed by atoms with Crippen LogP contribution in [0.4, 0.5) is 0 Å². The van der Waals surface area contributed by atoms with Gasteiger partial charge in [-0.25, -0.2) is 0 Å². The second-order valence-corrected chi connectivity index (χ2v) is 10.3. The normalized spacial score (nSPS) is 25.8. The van der Waals surface area contributed by atoms with Crippen LogP contribution in [0.15, 0.2) is 24.5 Å². The Kier molecular flexibility index (Phi) is 7.61. The molecule has 1 aromatic rings. The number of nitrogens with one attached hydrogen (secondary N) is 1. The molecule has 2 saturated heterocycles. The molecule has 0 aliphatic carbocycles. The van der Waals surface area contributed by atoms with E-state index in [0.29, 0.717) is 32.6 Å². The van der Waals surface area contributed by atoms with Crippen LogP contribution in [0.2, 0.25) is 0 Å². The van der Waals surface area contributed by atoms with Crippen LogP contribution in [0.1, 0.15) is 37.7 Å². The highest BCUT2D eigenvalue weighted by Crippen LogP contribution is 2.27. The predicted molar refractivity (Wildman–Crippen MR) is 112 cm³/mol. The van der Waals surface area contributed by atoms with Gasteiger partial charge in [0.05, 0.1) is 5.92 Å². The summed E-state index contributed by atoms with van der Waals surface area (Å²) in [5.41, 5.74) is 1.13. The van der Waals surface area contributed by atoms with E-state index < -0.39 is 10.2 Å². The highest BCUT2D eigenvalue weighted by molar-refractivity contribution is 7.86. The van der Waals surface area contributed by atoms with Gasteiger partial charge in [0.15, 0.2) is 0 Å². The van der Waals surface area contributed by atoms with Crippen molar-refractivity contribution in [1.29, 1.82) is 0 Å². The number of aromatic nitrogens is 1. The first-order chi connectivity index (χ1) is 13.9. The van der Waals surface area contributed by atoms with Crippen molar-refractivity contribution in [2.75, 3.05) is 40.3 Å². The van der Waals surface area contributed by atoms with Crippen LogP contribution in [0.3, 0.4) is 0 Å². The molecule has 0 radical (unpaired) electrons. The Morgan fingerprint density at radius 2 is 1.86 bits per heavy atom. The van der Waals surface area contributed by atoms with Crippen molar-refractivity contribution in [3.63, 3.8) is 0 Å². The smallest absolute Gasteiger partial charge is 0.281 e. The third-order valence-electron chi connectivity index (χ3n) is 5.94. The summed E-state index contributed by atoms with van der Waals surface area (Å²) in [4.78, 5) is 19.3. The Morgan fingerprint density at radius 3 is 2.59 bits per heavy atom. The maximum absolute atomic E-state index is 12.9. The van der Waals surface area contributed by atoms with Gasteiger partial charge in [0.25, 0.3) is 10.2 Å². The summed E-state index contributed by atoms with van der Waals surface area (Å²) < 4.78 is 28.3. The van der Waals surface area contributed by atoms with Gasteiger partial charge in [-0.2, -0.15) is 17.0 Å². The highest BCUT2D eigenvalue weighted by Gasteiger charge is 2.41. The number of amides is 1. The van der Waals surface area contributed by atoms with Crippen molar-refractivity contribution >= 4 is 16.1 Å². The van der Waals surface area contributed by atoms with E-state index in [4.69, 9.17) is 0 Å². The monoisotopic (exact) mass is 423 g/mol. The molecule has 29 heavy (non-hydrogen) atoms. The molecule has 2 aliphatic heterocycles. The molecule has 2 aliphatic rings. The zero-order chi connectivity index (χ0) is 20.9. The van der Waals surface area contributed by atoms with Crippen molar-refractivity contribution in [2.45, 2.75) is 44.7 Å². The van der Waals surface area contributed by atoms with Gasteiger partial charge in [-0.05, 0) is 43.5 Å². The quantitative estimate of drug-likeness (QED) is 0.783. The lowest BCUT2D eigenvalue weighted by Crippen LogP contribution is -2.58. The first kappa shape index (κ1) is 22.1. The molecule has 9 heteroatoms. The number of rotatable bonds is 4. The Hall–Kier alpha value is -1.55. The number of fused-ring (bicyclic) bond motifs is 1. The predicted octanol–water partition coefficient (Wildman–Crippen LogP) is 1.07. The van der Waals surface area contributed by atoms with Crippen LogP contribution in [0.5, 0.6) is 0 Å². The van der Waals surface area contributed by atoms with Gasteiger partial charge in [-0.3, -0.25) is 14.7 Å². The molecule has 1 N–H and O–H groups in total. The van der Waals surface area contributed by atoms with Gasteiger partial charge in [-0.15, -0.1) is 0 Å². The molecule has 162 valence electrons. The fourth-order valence-corrected chi connectivity index (χ4v) is 5.38.